The van der Waals surface area contributed by atoms with Crippen molar-refractivity contribution in [1.29, 1.82) is 0 Å². The summed E-state index contributed by atoms with van der Waals surface area (Å²) < 4.78 is 21.0. The van der Waals surface area contributed by atoms with Crippen LogP contribution in [0.1, 0.15) is 149 Å². The minimum atomic E-state index is -0.407. The number of hydrogen-bond donors (Lipinski definition) is 2. The lowest BCUT2D eigenvalue weighted by molar-refractivity contribution is -0.145. The van der Waals surface area contributed by atoms with Crippen LogP contribution in [0.2, 0.25) is 0 Å². The van der Waals surface area contributed by atoms with E-state index in [-0.39, 0.29) is 11.7 Å². The maximum atomic E-state index is 14.3. The number of fused-ring (bicyclic) bond motifs is 5. The van der Waals surface area contributed by atoms with Gasteiger partial charge in [0, 0.05) is 60.1 Å². The van der Waals surface area contributed by atoms with Gasteiger partial charge in [-0.3, -0.25) is 14.4 Å². The molecule has 1 amide bonds. The average molecular weight is 723 g/mol. The molecule has 5 aliphatic rings. The van der Waals surface area contributed by atoms with Gasteiger partial charge in [-0.25, -0.2) is 4.39 Å². The molecule has 1 heterocycles. The maximum absolute atomic E-state index is 14.3. The summed E-state index contributed by atoms with van der Waals surface area (Å²) in [6, 6.07) is 10.4. The predicted molar refractivity (Wildman–Crippen MR) is 207 cm³/mol. The molecule has 8 rings (SSSR count). The lowest BCUT2D eigenvalue weighted by Crippen LogP contribution is -2.54. The van der Waals surface area contributed by atoms with Crippen molar-refractivity contribution in [3.8, 4) is 11.3 Å². The van der Waals surface area contributed by atoms with E-state index < -0.39 is 5.82 Å². The highest BCUT2D eigenvalue weighted by molar-refractivity contribution is 6.11. The normalized spacial score (nSPS) is 30.8. The van der Waals surface area contributed by atoms with Crippen LogP contribution in [-0.2, 0) is 16.0 Å². The van der Waals surface area contributed by atoms with Crippen LogP contribution >= 0.6 is 0 Å². The number of Topliss-reactive ketones (excluding diaryl/α,β-unsaturated/α-hetero) is 2. The quantitative estimate of drug-likeness (QED) is 0.182. The Morgan fingerprint density at radius 3 is 2.47 bits per heavy atom. The predicted octanol–water partition coefficient (Wildman–Crippen LogP) is 10.6. The molecule has 284 valence electrons. The van der Waals surface area contributed by atoms with Crippen LogP contribution < -0.4 is 5.32 Å². The second-order valence-electron chi connectivity index (χ2n) is 18.0. The molecule has 4 fully saturated rings. The number of ether oxygens (including phenoxy) is 1. The van der Waals surface area contributed by atoms with Crippen molar-refractivity contribution in [3.63, 3.8) is 0 Å². The number of amides is 1. The standard InChI is InChI=1S/C46H59FN2O4/c1-45-22-20-33(50)26-31(45)16-17-34-37-18-19-41(46(37,2)23-21-38(34)45)53-25-8-6-4-3-5-7-24-48-44(52)30-14-12-29(13-15-30)43-35-10-9-11-40(51)36-27-32(47)28-39(49-43)42(35)36/h12-15,27-28,31,34,37-38,41,49H,3-11,16-26H2,1-2H3,(H,48,52)/t31-,34-,37-,38-,41?,45-,46-/m0/s1. The summed E-state index contributed by atoms with van der Waals surface area (Å²) in [5.74, 6) is 3.07. The highest BCUT2D eigenvalue weighted by atomic mass is 19.1. The van der Waals surface area contributed by atoms with E-state index in [4.69, 9.17) is 4.74 Å². The second-order valence-corrected chi connectivity index (χ2v) is 18.0. The minimum Gasteiger partial charge on any atom is -0.378 e. The molecular formula is C46H59FN2O4. The van der Waals surface area contributed by atoms with Crippen molar-refractivity contribution >= 4 is 28.4 Å². The first-order valence-corrected chi connectivity index (χ1v) is 21.0. The number of aromatic nitrogens is 1. The Morgan fingerprint density at radius 2 is 1.64 bits per heavy atom. The fourth-order valence-electron chi connectivity index (χ4n) is 12.2. The van der Waals surface area contributed by atoms with Gasteiger partial charge in [0.15, 0.2) is 5.78 Å². The zero-order chi connectivity index (χ0) is 36.7. The van der Waals surface area contributed by atoms with Crippen molar-refractivity contribution in [2.45, 2.75) is 136 Å². The number of rotatable bonds is 12. The van der Waals surface area contributed by atoms with E-state index >= 15 is 0 Å². The average Bonchev–Trinajstić information content (AvgIpc) is 3.63. The Balaban J connectivity index is 0.727. The molecule has 4 saturated carbocycles. The number of aryl methyl sites for hydroxylation is 1. The first-order chi connectivity index (χ1) is 25.7. The monoisotopic (exact) mass is 722 g/mol. The molecule has 2 aromatic carbocycles. The smallest absolute Gasteiger partial charge is 0.251 e. The molecule has 0 aliphatic heterocycles. The Labute approximate surface area is 314 Å². The Kier molecular flexibility index (Phi) is 10.4. The number of carbonyl (C=O) groups is 3. The van der Waals surface area contributed by atoms with Crippen LogP contribution in [0.3, 0.4) is 0 Å². The summed E-state index contributed by atoms with van der Waals surface area (Å²) in [6.07, 6.45) is 19.6. The Bertz CT molecular complexity index is 1850. The highest BCUT2D eigenvalue weighted by Crippen LogP contribution is 2.66. The minimum absolute atomic E-state index is 0.00688. The molecule has 6 nitrogen and oxygen atoms in total. The van der Waals surface area contributed by atoms with Gasteiger partial charge in [0.05, 0.1) is 6.10 Å². The van der Waals surface area contributed by atoms with Gasteiger partial charge in [0.1, 0.15) is 11.6 Å². The summed E-state index contributed by atoms with van der Waals surface area (Å²) in [4.78, 5) is 41.1. The molecule has 0 bridgehead atoms. The largest absolute Gasteiger partial charge is 0.378 e. The van der Waals surface area contributed by atoms with Crippen molar-refractivity contribution in [3.05, 3.63) is 58.9 Å². The number of benzene rings is 2. The Hall–Kier alpha value is -3.32. The molecule has 1 unspecified atom stereocenters. The fraction of sp³-hybridized carbons (Fsp3) is 0.630. The Morgan fingerprint density at radius 1 is 0.868 bits per heavy atom. The van der Waals surface area contributed by atoms with Gasteiger partial charge >= 0.3 is 0 Å². The van der Waals surface area contributed by atoms with E-state index in [0.29, 0.717) is 58.2 Å². The van der Waals surface area contributed by atoms with E-state index in [1.807, 2.05) is 24.3 Å². The first-order valence-electron chi connectivity index (χ1n) is 21.0. The van der Waals surface area contributed by atoms with Gasteiger partial charge in [-0.1, -0.05) is 51.7 Å². The van der Waals surface area contributed by atoms with Crippen LogP contribution in [-0.4, -0.2) is 41.7 Å². The number of unbranched alkanes of at least 4 members (excludes halogenated alkanes) is 5. The zero-order valence-electron chi connectivity index (χ0n) is 32.0. The maximum Gasteiger partial charge on any atom is 0.251 e. The van der Waals surface area contributed by atoms with E-state index in [2.05, 4.69) is 24.1 Å². The summed E-state index contributed by atoms with van der Waals surface area (Å²) in [7, 11) is 0. The number of carbonyl (C=O) groups excluding carboxylic acids is 3. The molecule has 3 aromatic rings. The fourth-order valence-corrected chi connectivity index (χ4v) is 12.2. The third-order valence-electron chi connectivity index (χ3n) is 15.1. The van der Waals surface area contributed by atoms with Crippen LogP contribution in [0.4, 0.5) is 4.39 Å². The van der Waals surface area contributed by atoms with E-state index in [1.165, 1.54) is 69.9 Å². The third kappa shape index (κ3) is 6.93. The molecule has 53 heavy (non-hydrogen) atoms. The lowest BCUT2D eigenvalue weighted by atomic mass is 9.45. The van der Waals surface area contributed by atoms with Crippen LogP contribution in [0.15, 0.2) is 36.4 Å². The number of halogens is 1. The van der Waals surface area contributed by atoms with Gasteiger partial charge < -0.3 is 15.0 Å². The van der Waals surface area contributed by atoms with E-state index in [9.17, 15) is 18.8 Å². The third-order valence-corrected chi connectivity index (χ3v) is 15.1. The topological polar surface area (TPSA) is 88.3 Å². The number of hydrogen-bond acceptors (Lipinski definition) is 4. The molecule has 7 atom stereocenters. The summed E-state index contributed by atoms with van der Waals surface area (Å²) in [5.41, 5.74) is 5.32. The van der Waals surface area contributed by atoms with Gasteiger partial charge in [0.2, 0.25) is 0 Å². The van der Waals surface area contributed by atoms with Gasteiger partial charge in [-0.15, -0.1) is 0 Å². The van der Waals surface area contributed by atoms with Gasteiger partial charge in [0.25, 0.3) is 5.91 Å². The summed E-state index contributed by atoms with van der Waals surface area (Å²) in [5, 5.41) is 3.92. The number of aromatic amines is 1. The highest BCUT2D eigenvalue weighted by Gasteiger charge is 2.60. The molecule has 0 radical (unpaired) electrons. The first kappa shape index (κ1) is 36.6. The summed E-state index contributed by atoms with van der Waals surface area (Å²) in [6.45, 7) is 6.63. The molecule has 0 spiro atoms. The number of H-pyrrole nitrogens is 1. The molecule has 7 heteroatoms. The molecule has 1 aromatic heterocycles. The van der Waals surface area contributed by atoms with Crippen LogP contribution in [0.25, 0.3) is 22.2 Å². The van der Waals surface area contributed by atoms with Crippen LogP contribution in [0, 0.1) is 40.3 Å². The van der Waals surface area contributed by atoms with Crippen molar-refractivity contribution < 1.29 is 23.5 Å². The number of ketones is 2. The SMILES string of the molecule is C[C@]12CCC(=O)C[C@@H]1CC[C@@H]1[C@@H]2CC[C@]2(C)C(OCCCCCCCCNC(=O)c3ccc(-c4[nH]c5cc(F)cc6c5c4CCCC6=O)cc3)CC[C@@H]12. The molecule has 5 aliphatic carbocycles. The van der Waals surface area contributed by atoms with E-state index in [0.717, 1.165) is 97.9 Å². The molecule has 0 saturated heterocycles. The van der Waals surface area contributed by atoms with Gasteiger partial charge in [-0.05, 0) is 141 Å². The van der Waals surface area contributed by atoms with Gasteiger partial charge in [-0.2, -0.15) is 0 Å². The molecular weight excluding hydrogens is 664 g/mol. The van der Waals surface area contributed by atoms with E-state index in [1.54, 1.807) is 0 Å². The second kappa shape index (κ2) is 15.1. The number of nitrogens with one attached hydrogen (secondary N) is 2. The zero-order valence-corrected chi connectivity index (χ0v) is 32.0. The van der Waals surface area contributed by atoms with Crippen molar-refractivity contribution in [2.75, 3.05) is 13.2 Å². The summed E-state index contributed by atoms with van der Waals surface area (Å²) >= 11 is 0. The van der Waals surface area contributed by atoms with Crippen molar-refractivity contribution in [2.24, 2.45) is 34.5 Å². The van der Waals surface area contributed by atoms with Crippen LogP contribution in [0.5, 0.6) is 0 Å². The lowest BCUT2D eigenvalue weighted by Gasteiger charge is -2.60. The molecule has 2 N–H and O–H groups in total. The van der Waals surface area contributed by atoms with Crippen molar-refractivity contribution in [1.82, 2.24) is 10.3 Å².